The predicted octanol–water partition coefficient (Wildman–Crippen LogP) is 5.77. The molecule has 2 heterocycles. The second kappa shape index (κ2) is 11.5. The number of azide groups is 1. The number of unbranched alkanes of at least 4 members (excludes halogenated alkanes) is 1. The molecule has 0 spiro atoms. The van der Waals surface area contributed by atoms with Crippen LogP contribution in [-0.2, 0) is 4.74 Å². The Kier molecular flexibility index (Phi) is 8.84. The molecule has 1 saturated heterocycles. The number of ether oxygens (including phenoxy) is 1. The fraction of sp³-hybridized carbons (Fsp3) is 0.591. The summed E-state index contributed by atoms with van der Waals surface area (Å²) in [6, 6.07) is 1.66. The summed E-state index contributed by atoms with van der Waals surface area (Å²) in [6.45, 7) is 8.39. The first-order valence-corrected chi connectivity index (χ1v) is 12.5. The van der Waals surface area contributed by atoms with Gasteiger partial charge in [-0.25, -0.2) is 14.2 Å². The van der Waals surface area contributed by atoms with Gasteiger partial charge < -0.3 is 19.4 Å². The van der Waals surface area contributed by atoms with Gasteiger partial charge in [0.25, 0.3) is 0 Å². The molecule has 1 aromatic carbocycles. The summed E-state index contributed by atoms with van der Waals surface area (Å²) in [5, 5.41) is 4.27. The molecule has 0 bridgehead atoms. The Morgan fingerprint density at radius 2 is 2.00 bits per heavy atom. The number of halogens is 3. The molecule has 0 saturated carbocycles. The molecule has 1 amide bonds. The Labute approximate surface area is 217 Å². The third-order valence-corrected chi connectivity index (χ3v) is 6.73. The number of benzene rings is 1. The molecule has 2 aromatic rings. The maximum absolute atomic E-state index is 15.2. The number of piperazine rings is 1. The minimum atomic E-state index is -0.570. The van der Waals surface area contributed by atoms with Crippen molar-refractivity contribution in [3.63, 3.8) is 0 Å². The lowest BCUT2D eigenvalue weighted by Gasteiger charge is -2.36. The Balaban J connectivity index is 1.88. The van der Waals surface area contributed by atoms with Crippen molar-refractivity contribution in [3.8, 4) is 0 Å². The summed E-state index contributed by atoms with van der Waals surface area (Å²) in [6.07, 6.45) is 1.12. The summed E-state index contributed by atoms with van der Waals surface area (Å²) in [7, 11) is 1.84. The van der Waals surface area contributed by atoms with E-state index in [2.05, 4.69) is 30.9 Å². The van der Waals surface area contributed by atoms with Crippen LogP contribution in [0.15, 0.2) is 15.7 Å². The number of amides is 1. The molecule has 0 radical (unpaired) electrons. The molecule has 35 heavy (non-hydrogen) atoms. The van der Waals surface area contributed by atoms with Crippen LogP contribution >= 0.6 is 27.5 Å². The van der Waals surface area contributed by atoms with Crippen LogP contribution in [0.3, 0.4) is 0 Å². The molecular weight excluding hydrogens is 543 g/mol. The van der Waals surface area contributed by atoms with Crippen molar-refractivity contribution in [2.75, 3.05) is 56.1 Å². The molecule has 3 rings (SSSR count). The molecule has 1 aliphatic heterocycles. The van der Waals surface area contributed by atoms with Crippen LogP contribution in [0, 0.1) is 5.82 Å². The van der Waals surface area contributed by atoms with Gasteiger partial charge in [-0.2, -0.15) is 4.98 Å². The Morgan fingerprint density at radius 1 is 1.31 bits per heavy atom. The first-order valence-electron chi connectivity index (χ1n) is 11.3. The lowest BCUT2D eigenvalue weighted by atomic mass is 10.2. The number of rotatable bonds is 7. The van der Waals surface area contributed by atoms with Gasteiger partial charge in [0, 0.05) is 56.6 Å². The molecule has 190 valence electrons. The van der Waals surface area contributed by atoms with E-state index in [1.807, 2.05) is 37.6 Å². The zero-order valence-corrected chi connectivity index (χ0v) is 22.6. The molecule has 1 aromatic heterocycles. The van der Waals surface area contributed by atoms with Crippen molar-refractivity contribution in [2.24, 2.45) is 5.11 Å². The van der Waals surface area contributed by atoms with Gasteiger partial charge in [-0.1, -0.05) is 16.7 Å². The zero-order valence-electron chi connectivity index (χ0n) is 20.3. The van der Waals surface area contributed by atoms with Crippen molar-refractivity contribution in [2.45, 2.75) is 39.2 Å². The van der Waals surface area contributed by atoms with E-state index in [1.165, 1.54) is 0 Å². The molecule has 10 nitrogen and oxygen atoms in total. The van der Waals surface area contributed by atoms with Crippen LogP contribution in [-0.4, -0.2) is 72.9 Å². The van der Waals surface area contributed by atoms with Crippen LogP contribution in [0.4, 0.5) is 21.0 Å². The average Bonchev–Trinajstić information content (AvgIpc) is 2.81. The lowest BCUT2D eigenvalue weighted by molar-refractivity contribution is 0.0240. The lowest BCUT2D eigenvalue weighted by Crippen LogP contribution is -2.50. The zero-order chi connectivity index (χ0) is 25.8. The number of fused-ring (bicyclic) bond motifs is 1. The smallest absolute Gasteiger partial charge is 0.410 e. The van der Waals surface area contributed by atoms with Gasteiger partial charge in [0.1, 0.15) is 16.9 Å². The number of nitrogens with zero attached hydrogens (tertiary/aromatic N) is 8. The van der Waals surface area contributed by atoms with Gasteiger partial charge in [-0.05, 0) is 61.1 Å². The highest BCUT2D eigenvalue weighted by Crippen LogP contribution is 2.36. The van der Waals surface area contributed by atoms with E-state index >= 15 is 4.39 Å². The van der Waals surface area contributed by atoms with Gasteiger partial charge in [0.2, 0.25) is 5.95 Å². The maximum Gasteiger partial charge on any atom is 0.410 e. The molecule has 13 heteroatoms. The van der Waals surface area contributed by atoms with E-state index in [-0.39, 0.29) is 21.1 Å². The molecule has 1 fully saturated rings. The standard InChI is InChI=1S/C22H29BrClFN8O2/c1-22(2,3)35-21(34)33-11-9-32(10-12-33)19-14-13-15(24)16(23)17(25)18(14)28-20(29-19)31(4)8-6-5-7-27-30-26/h13H,5-12H2,1-4H3. The Bertz CT molecular complexity index is 1130. The minimum Gasteiger partial charge on any atom is -0.444 e. The van der Waals surface area contributed by atoms with E-state index in [1.54, 1.807) is 11.0 Å². The topological polar surface area (TPSA) is 111 Å². The van der Waals surface area contributed by atoms with E-state index < -0.39 is 11.4 Å². The summed E-state index contributed by atoms with van der Waals surface area (Å²) < 4.78 is 20.8. The van der Waals surface area contributed by atoms with Crippen molar-refractivity contribution in [3.05, 3.63) is 31.8 Å². The first-order chi connectivity index (χ1) is 16.5. The summed E-state index contributed by atoms with van der Waals surface area (Å²) in [5.41, 5.74) is 8.01. The molecule has 0 N–H and O–H groups in total. The SMILES string of the molecule is CN(CCCCN=[N+]=[N-])c1nc(N2CCN(C(=O)OC(C)(C)C)CC2)c2cc(Cl)c(Br)c(F)c2n1. The van der Waals surface area contributed by atoms with Gasteiger partial charge in [-0.3, -0.25) is 0 Å². The van der Waals surface area contributed by atoms with Crippen molar-refractivity contribution in [1.29, 1.82) is 0 Å². The number of anilines is 2. The van der Waals surface area contributed by atoms with Crippen LogP contribution < -0.4 is 9.80 Å². The largest absolute Gasteiger partial charge is 0.444 e. The van der Waals surface area contributed by atoms with Crippen LogP contribution in [0.25, 0.3) is 21.3 Å². The number of hydrogen-bond donors (Lipinski definition) is 0. The number of aromatic nitrogens is 2. The van der Waals surface area contributed by atoms with Crippen molar-refractivity contribution >= 4 is 56.3 Å². The second-order valence-corrected chi connectivity index (χ2v) is 10.5. The third kappa shape index (κ3) is 6.77. The van der Waals surface area contributed by atoms with E-state index in [4.69, 9.17) is 26.9 Å². The average molecular weight is 572 g/mol. The van der Waals surface area contributed by atoms with E-state index in [0.717, 1.165) is 12.8 Å². The van der Waals surface area contributed by atoms with Crippen molar-refractivity contribution < 1.29 is 13.9 Å². The highest BCUT2D eigenvalue weighted by Gasteiger charge is 2.28. The fourth-order valence-corrected chi connectivity index (χ4v) is 4.15. The quantitative estimate of drug-likeness (QED) is 0.137. The van der Waals surface area contributed by atoms with Crippen LogP contribution in [0.5, 0.6) is 0 Å². The molecule has 0 atom stereocenters. The van der Waals surface area contributed by atoms with Gasteiger partial charge in [-0.15, -0.1) is 0 Å². The van der Waals surface area contributed by atoms with Crippen molar-refractivity contribution in [1.82, 2.24) is 14.9 Å². The minimum absolute atomic E-state index is 0.147. The van der Waals surface area contributed by atoms with Gasteiger partial charge >= 0.3 is 6.09 Å². The van der Waals surface area contributed by atoms with E-state index in [9.17, 15) is 4.79 Å². The number of carbonyl (C=O) groups excluding carboxylic acids is 1. The van der Waals surface area contributed by atoms with Crippen LogP contribution in [0.2, 0.25) is 5.02 Å². The molecule has 0 aliphatic carbocycles. The highest BCUT2D eigenvalue weighted by molar-refractivity contribution is 9.10. The summed E-state index contributed by atoms with van der Waals surface area (Å²) in [4.78, 5) is 30.0. The Hall–Kier alpha value is -2.56. The monoisotopic (exact) mass is 570 g/mol. The summed E-state index contributed by atoms with van der Waals surface area (Å²) in [5.74, 6) is 0.378. The highest BCUT2D eigenvalue weighted by atomic mass is 79.9. The number of carbonyl (C=O) groups is 1. The summed E-state index contributed by atoms with van der Waals surface area (Å²) >= 11 is 9.47. The predicted molar refractivity (Wildman–Crippen MR) is 139 cm³/mol. The van der Waals surface area contributed by atoms with Gasteiger partial charge in [0.15, 0.2) is 5.82 Å². The fourth-order valence-electron chi connectivity index (χ4n) is 3.66. The second-order valence-electron chi connectivity index (χ2n) is 9.27. The molecular formula is C22H29BrClFN8O2. The Morgan fingerprint density at radius 3 is 2.63 bits per heavy atom. The van der Waals surface area contributed by atoms with E-state index in [0.29, 0.717) is 56.4 Å². The molecule has 1 aliphatic rings. The third-order valence-electron chi connectivity index (χ3n) is 5.43. The van der Waals surface area contributed by atoms with Crippen LogP contribution in [0.1, 0.15) is 33.6 Å². The normalized spacial score (nSPS) is 14.1. The van der Waals surface area contributed by atoms with Gasteiger partial charge in [0.05, 0.1) is 9.50 Å². The number of hydrogen-bond acceptors (Lipinski definition) is 7. The maximum atomic E-state index is 15.2. The molecule has 0 unspecified atom stereocenters. The first kappa shape index (κ1) is 27.0.